The molecule has 0 aromatic heterocycles. The SMILES string of the molecule is CC(C)C#C/C=C/CCC(=O)O. The Hall–Kier alpha value is -1.23. The number of aliphatic carboxylic acids is 1. The second-order valence-electron chi connectivity index (χ2n) is 2.78. The van der Waals surface area contributed by atoms with E-state index in [2.05, 4.69) is 11.8 Å². The third kappa shape index (κ3) is 8.77. The topological polar surface area (TPSA) is 37.3 Å². The molecule has 2 heteroatoms. The molecule has 12 heavy (non-hydrogen) atoms. The van der Waals surface area contributed by atoms with E-state index in [0.29, 0.717) is 12.3 Å². The first-order valence-electron chi connectivity index (χ1n) is 4.00. The summed E-state index contributed by atoms with van der Waals surface area (Å²) in [5, 5.41) is 8.29. The Kier molecular flexibility index (Phi) is 5.81. The summed E-state index contributed by atoms with van der Waals surface area (Å²) in [4.78, 5) is 10.1. The van der Waals surface area contributed by atoms with E-state index in [0.717, 1.165) is 0 Å². The van der Waals surface area contributed by atoms with E-state index >= 15 is 0 Å². The molecule has 0 aliphatic rings. The predicted octanol–water partition coefficient (Wildman–Crippen LogP) is 2.07. The molecule has 0 saturated heterocycles. The van der Waals surface area contributed by atoms with Crippen LogP contribution in [0.2, 0.25) is 0 Å². The van der Waals surface area contributed by atoms with Crippen LogP contribution in [-0.2, 0) is 4.79 Å². The van der Waals surface area contributed by atoms with E-state index in [1.807, 2.05) is 13.8 Å². The molecule has 0 aliphatic heterocycles. The molecule has 66 valence electrons. The molecule has 0 fully saturated rings. The van der Waals surface area contributed by atoms with Crippen LogP contribution in [0.25, 0.3) is 0 Å². The number of hydrogen-bond donors (Lipinski definition) is 1. The minimum Gasteiger partial charge on any atom is -0.481 e. The molecule has 0 unspecified atom stereocenters. The molecule has 0 saturated carbocycles. The van der Waals surface area contributed by atoms with Crippen LogP contribution in [0.1, 0.15) is 26.7 Å². The van der Waals surface area contributed by atoms with Crippen molar-refractivity contribution in [3.63, 3.8) is 0 Å². The highest BCUT2D eigenvalue weighted by Crippen LogP contribution is 1.90. The Morgan fingerprint density at radius 1 is 1.58 bits per heavy atom. The van der Waals surface area contributed by atoms with Crippen molar-refractivity contribution in [2.45, 2.75) is 26.7 Å². The Balaban J connectivity index is 3.52. The summed E-state index contributed by atoms with van der Waals surface area (Å²) in [5.41, 5.74) is 0. The van der Waals surface area contributed by atoms with Gasteiger partial charge in [0.05, 0.1) is 0 Å². The highest BCUT2D eigenvalue weighted by molar-refractivity contribution is 5.66. The number of allylic oxidation sites excluding steroid dienone is 2. The number of hydrogen-bond acceptors (Lipinski definition) is 1. The van der Waals surface area contributed by atoms with E-state index < -0.39 is 5.97 Å². The van der Waals surface area contributed by atoms with Crippen LogP contribution in [0.5, 0.6) is 0 Å². The number of rotatable bonds is 3. The highest BCUT2D eigenvalue weighted by atomic mass is 16.4. The van der Waals surface area contributed by atoms with Crippen LogP contribution in [0, 0.1) is 17.8 Å². The van der Waals surface area contributed by atoms with Gasteiger partial charge in [0.15, 0.2) is 0 Å². The summed E-state index contributed by atoms with van der Waals surface area (Å²) in [6, 6.07) is 0. The quantitative estimate of drug-likeness (QED) is 0.651. The van der Waals surface area contributed by atoms with Gasteiger partial charge in [0.25, 0.3) is 0 Å². The maximum absolute atomic E-state index is 10.1. The first-order chi connectivity index (χ1) is 5.63. The van der Waals surface area contributed by atoms with Crippen LogP contribution in [0.4, 0.5) is 0 Å². The van der Waals surface area contributed by atoms with Gasteiger partial charge in [-0.1, -0.05) is 31.8 Å². The summed E-state index contributed by atoms with van der Waals surface area (Å²) in [5.74, 6) is 5.39. The molecular weight excluding hydrogens is 152 g/mol. The molecular formula is C10H14O2. The molecule has 1 N–H and O–H groups in total. The van der Waals surface area contributed by atoms with Gasteiger partial charge in [-0.3, -0.25) is 4.79 Å². The standard InChI is InChI=1S/C10H14O2/c1-9(2)7-5-3-4-6-8-10(11)12/h3-4,9H,6,8H2,1-2H3,(H,11,12)/b4-3+. The smallest absolute Gasteiger partial charge is 0.303 e. The lowest BCUT2D eigenvalue weighted by atomic mass is 10.2. The second-order valence-corrected chi connectivity index (χ2v) is 2.78. The summed E-state index contributed by atoms with van der Waals surface area (Å²) < 4.78 is 0. The van der Waals surface area contributed by atoms with Crippen molar-refractivity contribution >= 4 is 5.97 Å². The maximum atomic E-state index is 10.1. The Labute approximate surface area is 73.3 Å². The molecule has 0 bridgehead atoms. The molecule has 2 nitrogen and oxygen atoms in total. The molecule has 0 aromatic carbocycles. The predicted molar refractivity (Wildman–Crippen MR) is 48.6 cm³/mol. The lowest BCUT2D eigenvalue weighted by Gasteiger charge is -1.85. The minimum absolute atomic E-state index is 0.180. The van der Waals surface area contributed by atoms with Gasteiger partial charge in [-0.15, -0.1) is 0 Å². The Morgan fingerprint density at radius 3 is 2.75 bits per heavy atom. The second kappa shape index (κ2) is 6.48. The summed E-state index contributed by atoms with van der Waals surface area (Å²) >= 11 is 0. The van der Waals surface area contributed by atoms with Crippen LogP contribution < -0.4 is 0 Å². The van der Waals surface area contributed by atoms with Crippen LogP contribution in [-0.4, -0.2) is 11.1 Å². The first kappa shape index (κ1) is 10.8. The fraction of sp³-hybridized carbons (Fsp3) is 0.500. The number of carboxylic acids is 1. The zero-order valence-electron chi connectivity index (χ0n) is 7.50. The van der Waals surface area contributed by atoms with Gasteiger partial charge in [0, 0.05) is 12.3 Å². The van der Waals surface area contributed by atoms with Crippen molar-refractivity contribution in [1.82, 2.24) is 0 Å². The molecule has 0 atom stereocenters. The van der Waals surface area contributed by atoms with E-state index in [4.69, 9.17) is 5.11 Å². The van der Waals surface area contributed by atoms with Crippen molar-refractivity contribution in [2.75, 3.05) is 0 Å². The molecule has 0 aliphatic carbocycles. The number of carbonyl (C=O) groups is 1. The fourth-order valence-corrected chi connectivity index (χ4v) is 0.564. The van der Waals surface area contributed by atoms with E-state index in [-0.39, 0.29) is 6.42 Å². The van der Waals surface area contributed by atoms with Crippen LogP contribution >= 0.6 is 0 Å². The van der Waals surface area contributed by atoms with Crippen molar-refractivity contribution in [2.24, 2.45) is 5.92 Å². The molecule has 0 amide bonds. The third-order valence-electron chi connectivity index (χ3n) is 1.10. The Bertz CT molecular complexity index is 216. The lowest BCUT2D eigenvalue weighted by Crippen LogP contribution is -1.91. The van der Waals surface area contributed by atoms with Crippen LogP contribution in [0.15, 0.2) is 12.2 Å². The molecule has 0 heterocycles. The summed E-state index contributed by atoms with van der Waals surface area (Å²) in [7, 11) is 0. The van der Waals surface area contributed by atoms with E-state index in [1.54, 1.807) is 12.2 Å². The van der Waals surface area contributed by atoms with E-state index in [9.17, 15) is 4.79 Å². The normalized spacial score (nSPS) is 9.92. The first-order valence-corrected chi connectivity index (χ1v) is 4.00. The van der Waals surface area contributed by atoms with Gasteiger partial charge >= 0.3 is 5.97 Å². The molecule has 0 rings (SSSR count). The summed E-state index contributed by atoms with van der Waals surface area (Å²) in [6.07, 6.45) is 4.23. The van der Waals surface area contributed by atoms with Crippen molar-refractivity contribution in [3.05, 3.63) is 12.2 Å². The van der Waals surface area contributed by atoms with Crippen molar-refractivity contribution < 1.29 is 9.90 Å². The monoisotopic (exact) mass is 166 g/mol. The Morgan fingerprint density at radius 2 is 2.25 bits per heavy atom. The van der Waals surface area contributed by atoms with Gasteiger partial charge < -0.3 is 5.11 Å². The number of carboxylic acid groups (broad SMARTS) is 1. The van der Waals surface area contributed by atoms with Gasteiger partial charge in [0.1, 0.15) is 0 Å². The minimum atomic E-state index is -0.767. The van der Waals surface area contributed by atoms with Crippen molar-refractivity contribution in [3.8, 4) is 11.8 Å². The zero-order chi connectivity index (χ0) is 9.40. The zero-order valence-corrected chi connectivity index (χ0v) is 7.50. The summed E-state index contributed by atoms with van der Waals surface area (Å²) in [6.45, 7) is 4.02. The molecule has 0 radical (unpaired) electrons. The van der Waals surface area contributed by atoms with Gasteiger partial charge in [-0.2, -0.15) is 0 Å². The average Bonchev–Trinajstić information content (AvgIpc) is 1.95. The molecule has 0 spiro atoms. The van der Waals surface area contributed by atoms with Crippen molar-refractivity contribution in [1.29, 1.82) is 0 Å². The largest absolute Gasteiger partial charge is 0.481 e. The fourth-order valence-electron chi connectivity index (χ4n) is 0.564. The molecule has 0 aromatic rings. The maximum Gasteiger partial charge on any atom is 0.303 e. The lowest BCUT2D eigenvalue weighted by molar-refractivity contribution is -0.136. The van der Waals surface area contributed by atoms with E-state index in [1.165, 1.54) is 0 Å². The van der Waals surface area contributed by atoms with Gasteiger partial charge in [-0.05, 0) is 12.5 Å². The van der Waals surface area contributed by atoms with Gasteiger partial charge in [0.2, 0.25) is 0 Å². The van der Waals surface area contributed by atoms with Crippen LogP contribution in [0.3, 0.4) is 0 Å². The average molecular weight is 166 g/mol. The third-order valence-corrected chi connectivity index (χ3v) is 1.10. The highest BCUT2D eigenvalue weighted by Gasteiger charge is 1.90. The van der Waals surface area contributed by atoms with Gasteiger partial charge in [-0.25, -0.2) is 0 Å².